The molecule has 0 saturated carbocycles. The molecule has 0 spiro atoms. The fourth-order valence-electron chi connectivity index (χ4n) is 2.63. The minimum Gasteiger partial charge on any atom is -0.334 e. The highest BCUT2D eigenvalue weighted by molar-refractivity contribution is 6.30. The van der Waals surface area contributed by atoms with Crippen molar-refractivity contribution in [2.75, 3.05) is 10.7 Å². The number of para-hydroxylation sites is 1. The molecule has 2 aromatic carbocycles. The Kier molecular flexibility index (Phi) is 6.20. The molecule has 3 N–H and O–H groups in total. The number of carbonyl (C=O) groups is 1. The molecule has 1 amide bonds. The van der Waals surface area contributed by atoms with Crippen LogP contribution in [-0.4, -0.2) is 20.8 Å². The number of anilines is 3. The van der Waals surface area contributed by atoms with Gasteiger partial charge in [0.15, 0.2) is 0 Å². The van der Waals surface area contributed by atoms with E-state index in [4.69, 9.17) is 11.6 Å². The molecule has 0 saturated heterocycles. The molecule has 0 aliphatic rings. The highest BCUT2D eigenvalue weighted by atomic mass is 35.5. The maximum Gasteiger partial charge on any atom is 0.355 e. The third kappa shape index (κ3) is 4.77. The van der Waals surface area contributed by atoms with Crippen molar-refractivity contribution in [3.8, 4) is 0 Å². The third-order valence-corrected chi connectivity index (χ3v) is 4.27. The summed E-state index contributed by atoms with van der Waals surface area (Å²) in [5.74, 6) is -0.673. The van der Waals surface area contributed by atoms with Gasteiger partial charge < -0.3 is 5.32 Å². The van der Waals surface area contributed by atoms with Gasteiger partial charge >= 0.3 is 5.69 Å². The van der Waals surface area contributed by atoms with Gasteiger partial charge in [-0.05, 0) is 36.2 Å². The molecule has 1 aromatic heterocycles. The molecule has 10 heteroatoms. The van der Waals surface area contributed by atoms with Crippen molar-refractivity contribution in [1.82, 2.24) is 15.4 Å². The smallest absolute Gasteiger partial charge is 0.334 e. The van der Waals surface area contributed by atoms with Crippen LogP contribution in [0.3, 0.4) is 0 Å². The fourth-order valence-corrected chi connectivity index (χ4v) is 2.82. The summed E-state index contributed by atoms with van der Waals surface area (Å²) in [5, 5.41) is 15.0. The summed E-state index contributed by atoms with van der Waals surface area (Å²) >= 11 is 5.88. The Balaban J connectivity index is 1.85. The first-order chi connectivity index (χ1) is 14.0. The molecule has 29 heavy (non-hydrogen) atoms. The number of benzene rings is 2. The average molecular weight is 413 g/mol. The van der Waals surface area contributed by atoms with Crippen molar-refractivity contribution >= 4 is 40.5 Å². The molecule has 3 aromatic rings. The normalized spacial score (nSPS) is 10.3. The molecule has 0 aliphatic heterocycles. The second-order valence-corrected chi connectivity index (χ2v) is 6.34. The van der Waals surface area contributed by atoms with Crippen LogP contribution < -0.4 is 16.2 Å². The van der Waals surface area contributed by atoms with Gasteiger partial charge in [0.1, 0.15) is 6.33 Å². The number of amides is 1. The van der Waals surface area contributed by atoms with E-state index in [1.54, 1.807) is 24.3 Å². The van der Waals surface area contributed by atoms with Gasteiger partial charge in [0.2, 0.25) is 11.6 Å². The van der Waals surface area contributed by atoms with E-state index in [1.165, 1.54) is 6.07 Å². The minimum atomic E-state index is -0.620. The Morgan fingerprint density at radius 1 is 1.14 bits per heavy atom. The predicted octanol–water partition coefficient (Wildman–Crippen LogP) is 4.10. The first-order valence-corrected chi connectivity index (χ1v) is 9.03. The van der Waals surface area contributed by atoms with E-state index in [2.05, 4.69) is 26.1 Å². The van der Waals surface area contributed by atoms with E-state index in [1.807, 2.05) is 25.1 Å². The maximum absolute atomic E-state index is 12.2. The van der Waals surface area contributed by atoms with Crippen LogP contribution in [0.1, 0.15) is 22.8 Å². The zero-order valence-corrected chi connectivity index (χ0v) is 16.1. The molecule has 0 fully saturated rings. The Bertz CT molecular complexity index is 1060. The number of hydrogen-bond acceptors (Lipinski definition) is 7. The van der Waals surface area contributed by atoms with Gasteiger partial charge in [-0.2, -0.15) is 0 Å². The van der Waals surface area contributed by atoms with Crippen LogP contribution in [0.4, 0.5) is 23.0 Å². The van der Waals surface area contributed by atoms with Crippen LogP contribution in [0.25, 0.3) is 0 Å². The first kappa shape index (κ1) is 20.0. The summed E-state index contributed by atoms with van der Waals surface area (Å²) in [7, 11) is 0. The Labute approximate surface area is 171 Å². The summed E-state index contributed by atoms with van der Waals surface area (Å²) < 4.78 is 0. The van der Waals surface area contributed by atoms with Crippen molar-refractivity contribution in [2.45, 2.75) is 13.3 Å². The number of rotatable bonds is 7. The summed E-state index contributed by atoms with van der Waals surface area (Å²) in [5.41, 5.74) is 6.44. The Morgan fingerprint density at radius 3 is 2.62 bits per heavy atom. The van der Waals surface area contributed by atoms with E-state index >= 15 is 0 Å². The van der Waals surface area contributed by atoms with E-state index < -0.39 is 16.5 Å². The van der Waals surface area contributed by atoms with Crippen LogP contribution in [-0.2, 0) is 6.42 Å². The van der Waals surface area contributed by atoms with Crippen molar-refractivity contribution in [1.29, 1.82) is 0 Å². The molecular weight excluding hydrogens is 396 g/mol. The lowest BCUT2D eigenvalue weighted by Gasteiger charge is -2.12. The number of hydrazine groups is 1. The van der Waals surface area contributed by atoms with E-state index in [9.17, 15) is 14.9 Å². The largest absolute Gasteiger partial charge is 0.355 e. The van der Waals surface area contributed by atoms with E-state index in [0.717, 1.165) is 18.3 Å². The molecule has 0 bridgehead atoms. The van der Waals surface area contributed by atoms with Gasteiger partial charge in [-0.25, -0.2) is 9.97 Å². The van der Waals surface area contributed by atoms with Crippen LogP contribution >= 0.6 is 11.6 Å². The van der Waals surface area contributed by atoms with Crippen molar-refractivity contribution in [2.24, 2.45) is 0 Å². The average Bonchev–Trinajstić information content (AvgIpc) is 2.72. The number of halogens is 1. The molecule has 0 aliphatic carbocycles. The molecule has 1 heterocycles. The molecule has 0 atom stereocenters. The second kappa shape index (κ2) is 8.98. The topological polar surface area (TPSA) is 122 Å². The SMILES string of the molecule is CCc1ccccc1Nc1ncnc(NNC(=O)c2cccc(Cl)c2)c1[N+](=O)[O-]. The van der Waals surface area contributed by atoms with Crippen LogP contribution in [0.5, 0.6) is 0 Å². The Morgan fingerprint density at radius 2 is 1.90 bits per heavy atom. The molecular formula is C19H17ClN6O3. The summed E-state index contributed by atoms with van der Waals surface area (Å²) in [6.45, 7) is 1.98. The number of aryl methyl sites for hydroxylation is 1. The quantitative estimate of drug-likeness (QED) is 0.394. The zero-order valence-electron chi connectivity index (χ0n) is 15.3. The number of aromatic nitrogens is 2. The fraction of sp³-hybridized carbons (Fsp3) is 0.105. The summed E-state index contributed by atoms with van der Waals surface area (Å²) in [6, 6.07) is 13.7. The van der Waals surface area contributed by atoms with Crippen LogP contribution in [0.2, 0.25) is 5.02 Å². The number of nitro groups is 1. The highest BCUT2D eigenvalue weighted by Gasteiger charge is 2.24. The standard InChI is InChI=1S/C19H17ClN6O3/c1-2-12-6-3-4-9-15(12)23-17-16(26(28)29)18(22-11-21-17)24-25-19(27)13-7-5-8-14(20)10-13/h3-11H,2H2,1H3,(H,25,27)(H2,21,22,23,24). The van der Waals surface area contributed by atoms with Crippen LogP contribution in [0, 0.1) is 10.1 Å². The van der Waals surface area contributed by atoms with Crippen molar-refractivity contribution in [3.63, 3.8) is 0 Å². The zero-order chi connectivity index (χ0) is 20.8. The molecule has 9 nitrogen and oxygen atoms in total. The molecule has 0 radical (unpaired) electrons. The second-order valence-electron chi connectivity index (χ2n) is 5.90. The first-order valence-electron chi connectivity index (χ1n) is 8.65. The van der Waals surface area contributed by atoms with Crippen LogP contribution in [0.15, 0.2) is 54.9 Å². The molecule has 148 valence electrons. The van der Waals surface area contributed by atoms with Crippen molar-refractivity contribution in [3.05, 3.63) is 81.1 Å². The molecule has 0 unspecified atom stereocenters. The van der Waals surface area contributed by atoms with Crippen molar-refractivity contribution < 1.29 is 9.72 Å². The molecule has 3 rings (SSSR count). The van der Waals surface area contributed by atoms with E-state index in [-0.39, 0.29) is 17.2 Å². The number of carbonyl (C=O) groups excluding carboxylic acids is 1. The van der Waals surface area contributed by atoms with Gasteiger partial charge in [0, 0.05) is 16.3 Å². The van der Waals surface area contributed by atoms with Gasteiger partial charge in [-0.1, -0.05) is 42.8 Å². The van der Waals surface area contributed by atoms with Gasteiger partial charge in [0.05, 0.1) is 4.92 Å². The maximum atomic E-state index is 12.2. The summed E-state index contributed by atoms with van der Waals surface area (Å²) in [6.07, 6.45) is 1.90. The number of nitrogens with one attached hydrogen (secondary N) is 3. The number of nitrogens with zero attached hydrogens (tertiary/aromatic N) is 3. The Hall–Kier alpha value is -3.72. The number of hydrogen-bond donors (Lipinski definition) is 3. The van der Waals surface area contributed by atoms with E-state index in [0.29, 0.717) is 10.7 Å². The lowest BCUT2D eigenvalue weighted by atomic mass is 10.1. The summed E-state index contributed by atoms with van der Waals surface area (Å²) in [4.78, 5) is 31.2. The lowest BCUT2D eigenvalue weighted by Crippen LogP contribution is -2.30. The predicted molar refractivity (Wildman–Crippen MR) is 110 cm³/mol. The minimum absolute atomic E-state index is 0.00500. The third-order valence-electron chi connectivity index (χ3n) is 4.04. The lowest BCUT2D eigenvalue weighted by molar-refractivity contribution is -0.383. The van der Waals surface area contributed by atoms with Gasteiger partial charge in [-0.3, -0.25) is 25.8 Å². The van der Waals surface area contributed by atoms with Gasteiger partial charge in [0.25, 0.3) is 5.91 Å². The monoisotopic (exact) mass is 412 g/mol. The van der Waals surface area contributed by atoms with Gasteiger partial charge in [-0.15, -0.1) is 0 Å². The highest BCUT2D eigenvalue weighted by Crippen LogP contribution is 2.31.